The van der Waals surface area contributed by atoms with Crippen LogP contribution in [0.1, 0.15) is 5.69 Å². The highest BCUT2D eigenvalue weighted by molar-refractivity contribution is 5.78. The van der Waals surface area contributed by atoms with Gasteiger partial charge in [-0.05, 0) is 20.2 Å². The molecule has 0 aromatic carbocycles. The number of fused-ring (bicyclic) bond motifs is 1. The van der Waals surface area contributed by atoms with Gasteiger partial charge in [-0.15, -0.1) is 0 Å². The summed E-state index contributed by atoms with van der Waals surface area (Å²) in [6.07, 6.45) is 3.05. The second-order valence-corrected chi connectivity index (χ2v) is 3.62. The maximum Gasteiger partial charge on any atom is 0.258 e. The van der Waals surface area contributed by atoms with Gasteiger partial charge in [0.2, 0.25) is 0 Å². The maximum absolute atomic E-state index is 11.5. The van der Waals surface area contributed by atoms with Crippen LogP contribution in [0.5, 0.6) is 0 Å². The van der Waals surface area contributed by atoms with Gasteiger partial charge >= 0.3 is 0 Å². The molecular formula is C10H12N4O. The molecule has 0 radical (unpaired) electrons. The van der Waals surface area contributed by atoms with E-state index in [2.05, 4.69) is 15.0 Å². The molecule has 5 nitrogen and oxygen atoms in total. The molecule has 0 bridgehead atoms. The van der Waals surface area contributed by atoms with Crippen LogP contribution < -0.4 is 5.56 Å². The summed E-state index contributed by atoms with van der Waals surface area (Å²) in [5.74, 6) is 0. The van der Waals surface area contributed by atoms with E-state index in [1.54, 1.807) is 12.3 Å². The Morgan fingerprint density at radius 2 is 2.20 bits per heavy atom. The summed E-state index contributed by atoms with van der Waals surface area (Å²) < 4.78 is 0. The minimum Gasteiger partial charge on any atom is -0.313 e. The minimum atomic E-state index is -0.123. The van der Waals surface area contributed by atoms with Gasteiger partial charge in [-0.2, -0.15) is 0 Å². The van der Waals surface area contributed by atoms with Crippen molar-refractivity contribution in [3.63, 3.8) is 0 Å². The number of nitrogens with zero attached hydrogens (tertiary/aromatic N) is 3. The van der Waals surface area contributed by atoms with Crippen molar-refractivity contribution < 1.29 is 0 Å². The van der Waals surface area contributed by atoms with Crippen molar-refractivity contribution in [1.29, 1.82) is 0 Å². The first-order valence-electron chi connectivity index (χ1n) is 4.64. The van der Waals surface area contributed by atoms with Crippen LogP contribution in [-0.2, 0) is 6.54 Å². The third-order valence-electron chi connectivity index (χ3n) is 2.10. The van der Waals surface area contributed by atoms with Crippen molar-refractivity contribution in [3.8, 4) is 0 Å². The lowest BCUT2D eigenvalue weighted by atomic mass is 10.2. The summed E-state index contributed by atoms with van der Waals surface area (Å²) in [6, 6.07) is 1.68. The van der Waals surface area contributed by atoms with Gasteiger partial charge in [0.1, 0.15) is 5.52 Å². The molecule has 0 aliphatic rings. The Morgan fingerprint density at radius 1 is 1.40 bits per heavy atom. The zero-order chi connectivity index (χ0) is 10.8. The van der Waals surface area contributed by atoms with E-state index >= 15 is 0 Å². The molecule has 2 rings (SSSR count). The molecule has 0 spiro atoms. The molecule has 15 heavy (non-hydrogen) atoms. The number of nitrogens with one attached hydrogen (secondary N) is 1. The number of pyridine rings is 1. The summed E-state index contributed by atoms with van der Waals surface area (Å²) in [7, 11) is 3.90. The molecule has 2 heterocycles. The second kappa shape index (κ2) is 3.78. The molecule has 0 unspecified atom stereocenters. The molecule has 0 atom stereocenters. The Balaban J connectivity index is 2.66. The van der Waals surface area contributed by atoms with Crippen LogP contribution in [0.25, 0.3) is 10.9 Å². The first-order chi connectivity index (χ1) is 7.18. The van der Waals surface area contributed by atoms with E-state index in [-0.39, 0.29) is 5.56 Å². The fourth-order valence-electron chi connectivity index (χ4n) is 1.47. The van der Waals surface area contributed by atoms with Gasteiger partial charge in [0, 0.05) is 12.7 Å². The number of rotatable bonds is 2. The number of H-pyrrole nitrogens is 1. The zero-order valence-corrected chi connectivity index (χ0v) is 8.69. The van der Waals surface area contributed by atoms with Crippen LogP contribution in [0.15, 0.2) is 23.4 Å². The number of aromatic amines is 1. The SMILES string of the molecule is CN(C)Cc1nccc2c(=O)[nH]cnc12. The average Bonchev–Trinajstić information content (AvgIpc) is 2.19. The Bertz CT molecular complexity index is 532. The van der Waals surface area contributed by atoms with Crippen molar-refractivity contribution in [2.24, 2.45) is 0 Å². The predicted octanol–water partition coefficient (Wildman–Crippen LogP) is 0.380. The van der Waals surface area contributed by atoms with Gasteiger partial charge in [-0.1, -0.05) is 0 Å². The molecule has 1 N–H and O–H groups in total. The lowest BCUT2D eigenvalue weighted by Gasteiger charge is -2.09. The van der Waals surface area contributed by atoms with Crippen LogP contribution >= 0.6 is 0 Å². The van der Waals surface area contributed by atoms with Gasteiger partial charge < -0.3 is 9.88 Å². The van der Waals surface area contributed by atoms with Crippen LogP contribution in [0.2, 0.25) is 0 Å². The fraction of sp³-hybridized carbons (Fsp3) is 0.300. The molecule has 2 aromatic heterocycles. The first-order valence-corrected chi connectivity index (χ1v) is 4.64. The van der Waals surface area contributed by atoms with E-state index in [9.17, 15) is 4.79 Å². The Labute approximate surface area is 86.8 Å². The lowest BCUT2D eigenvalue weighted by Crippen LogP contribution is -2.14. The molecule has 0 saturated heterocycles. The van der Waals surface area contributed by atoms with Crippen molar-refractivity contribution in [3.05, 3.63) is 34.6 Å². The molecule has 5 heteroatoms. The highest BCUT2D eigenvalue weighted by Crippen LogP contribution is 2.10. The Hall–Kier alpha value is -1.75. The second-order valence-electron chi connectivity index (χ2n) is 3.62. The highest BCUT2D eigenvalue weighted by Gasteiger charge is 2.06. The quantitative estimate of drug-likeness (QED) is 0.768. The van der Waals surface area contributed by atoms with Crippen LogP contribution in [0.3, 0.4) is 0 Å². The van der Waals surface area contributed by atoms with E-state index in [1.165, 1.54) is 6.33 Å². The number of aromatic nitrogens is 3. The fourth-order valence-corrected chi connectivity index (χ4v) is 1.47. The molecular weight excluding hydrogens is 192 g/mol. The molecule has 0 fully saturated rings. The topological polar surface area (TPSA) is 61.9 Å². The van der Waals surface area contributed by atoms with Crippen LogP contribution in [-0.4, -0.2) is 33.9 Å². The standard InChI is InChI=1S/C10H12N4O/c1-14(2)5-8-9-7(3-4-11-8)10(15)13-6-12-9/h3-4,6H,5H2,1-2H3,(H,12,13,15). The van der Waals surface area contributed by atoms with E-state index < -0.39 is 0 Å². The highest BCUT2D eigenvalue weighted by atomic mass is 16.1. The number of hydrogen-bond donors (Lipinski definition) is 1. The molecule has 0 aliphatic carbocycles. The lowest BCUT2D eigenvalue weighted by molar-refractivity contribution is 0.398. The van der Waals surface area contributed by atoms with Crippen molar-refractivity contribution in [2.45, 2.75) is 6.54 Å². The summed E-state index contributed by atoms with van der Waals surface area (Å²) in [5.41, 5.74) is 1.38. The molecule has 0 saturated carbocycles. The van der Waals surface area contributed by atoms with E-state index in [0.717, 1.165) is 5.69 Å². The van der Waals surface area contributed by atoms with Gasteiger partial charge in [-0.25, -0.2) is 4.98 Å². The van der Waals surface area contributed by atoms with Gasteiger partial charge in [0.05, 0.1) is 17.4 Å². The average molecular weight is 204 g/mol. The normalized spacial score (nSPS) is 11.1. The maximum atomic E-state index is 11.5. The van der Waals surface area contributed by atoms with Crippen molar-refractivity contribution in [1.82, 2.24) is 19.9 Å². The smallest absolute Gasteiger partial charge is 0.258 e. The Kier molecular flexibility index (Phi) is 2.47. The third kappa shape index (κ3) is 1.87. The minimum absolute atomic E-state index is 0.123. The number of hydrogen-bond acceptors (Lipinski definition) is 4. The zero-order valence-electron chi connectivity index (χ0n) is 8.69. The predicted molar refractivity (Wildman–Crippen MR) is 57.5 cm³/mol. The van der Waals surface area contributed by atoms with Gasteiger partial charge in [-0.3, -0.25) is 9.78 Å². The summed E-state index contributed by atoms with van der Waals surface area (Å²) in [5, 5.41) is 0.587. The molecule has 0 aliphatic heterocycles. The van der Waals surface area contributed by atoms with E-state index in [4.69, 9.17) is 0 Å². The van der Waals surface area contributed by atoms with Crippen molar-refractivity contribution >= 4 is 10.9 Å². The van der Waals surface area contributed by atoms with Crippen LogP contribution in [0.4, 0.5) is 0 Å². The van der Waals surface area contributed by atoms with Crippen LogP contribution in [0, 0.1) is 0 Å². The van der Waals surface area contributed by atoms with Gasteiger partial charge in [0.15, 0.2) is 0 Å². The molecule has 2 aromatic rings. The summed E-state index contributed by atoms with van der Waals surface area (Å²) in [4.78, 5) is 24.4. The molecule has 0 amide bonds. The third-order valence-corrected chi connectivity index (χ3v) is 2.10. The Morgan fingerprint density at radius 3 is 2.93 bits per heavy atom. The van der Waals surface area contributed by atoms with E-state index in [1.807, 2.05) is 19.0 Å². The van der Waals surface area contributed by atoms with Crippen molar-refractivity contribution in [2.75, 3.05) is 14.1 Å². The summed E-state index contributed by atoms with van der Waals surface area (Å²) in [6.45, 7) is 0.674. The summed E-state index contributed by atoms with van der Waals surface area (Å²) >= 11 is 0. The largest absolute Gasteiger partial charge is 0.313 e. The van der Waals surface area contributed by atoms with Gasteiger partial charge in [0.25, 0.3) is 5.56 Å². The molecule has 78 valence electrons. The first kappa shape index (κ1) is 9.79. The van der Waals surface area contributed by atoms with E-state index in [0.29, 0.717) is 17.4 Å². The monoisotopic (exact) mass is 204 g/mol.